The van der Waals surface area contributed by atoms with Gasteiger partial charge < -0.3 is 9.63 Å². The van der Waals surface area contributed by atoms with Gasteiger partial charge in [-0.25, -0.2) is 8.78 Å². The molecule has 0 unspecified atom stereocenters. The van der Waals surface area contributed by atoms with Crippen LogP contribution < -0.4 is 0 Å². The van der Waals surface area contributed by atoms with Crippen molar-refractivity contribution in [3.05, 3.63) is 64.1 Å². The average molecular weight is 366 g/mol. The Kier molecular flexibility index (Phi) is 4.04. The predicted octanol–water partition coefficient (Wildman–Crippen LogP) is 4.54. The van der Waals surface area contributed by atoms with E-state index in [1.54, 1.807) is 18.2 Å². The number of aliphatic hydroxyl groups is 1. The highest BCUT2D eigenvalue weighted by atomic mass is 79.9. The van der Waals surface area contributed by atoms with E-state index in [-0.39, 0.29) is 22.6 Å². The van der Waals surface area contributed by atoms with E-state index in [1.807, 2.05) is 6.07 Å². The summed E-state index contributed by atoms with van der Waals surface area (Å²) in [4.78, 5) is 0. The quantitative estimate of drug-likeness (QED) is 0.740. The first-order chi connectivity index (χ1) is 10.6. The molecule has 0 fully saturated rings. The molecule has 6 heteroatoms. The Morgan fingerprint density at radius 1 is 1.05 bits per heavy atom. The molecule has 112 valence electrons. The van der Waals surface area contributed by atoms with Gasteiger partial charge >= 0.3 is 0 Å². The van der Waals surface area contributed by atoms with Gasteiger partial charge in [0.05, 0.1) is 17.7 Å². The minimum Gasteiger partial charge on any atom is -0.391 e. The van der Waals surface area contributed by atoms with Gasteiger partial charge in [0, 0.05) is 10.0 Å². The molecule has 1 heterocycles. The minimum atomic E-state index is -0.762. The molecule has 1 N–H and O–H groups in total. The van der Waals surface area contributed by atoms with Crippen LogP contribution in [0.4, 0.5) is 8.78 Å². The Balaban J connectivity index is 2.23. The van der Waals surface area contributed by atoms with Crippen LogP contribution in [0.15, 0.2) is 51.5 Å². The van der Waals surface area contributed by atoms with Gasteiger partial charge in [0.25, 0.3) is 0 Å². The summed E-state index contributed by atoms with van der Waals surface area (Å²) >= 11 is 3.37. The fraction of sp³-hybridized carbons (Fsp3) is 0.0625. The number of hydrogen-bond donors (Lipinski definition) is 1. The Morgan fingerprint density at radius 2 is 1.73 bits per heavy atom. The average Bonchev–Trinajstić information content (AvgIpc) is 2.91. The maximum absolute atomic E-state index is 13.9. The van der Waals surface area contributed by atoms with Crippen molar-refractivity contribution in [2.45, 2.75) is 6.61 Å². The highest BCUT2D eigenvalue weighted by molar-refractivity contribution is 9.10. The van der Waals surface area contributed by atoms with Crippen LogP contribution in [-0.4, -0.2) is 10.3 Å². The van der Waals surface area contributed by atoms with Gasteiger partial charge in [-0.3, -0.25) is 0 Å². The first-order valence-electron chi connectivity index (χ1n) is 6.42. The van der Waals surface area contributed by atoms with Crippen molar-refractivity contribution < 1.29 is 18.4 Å². The number of hydrogen-bond acceptors (Lipinski definition) is 3. The monoisotopic (exact) mass is 365 g/mol. The molecule has 0 radical (unpaired) electrons. The third-order valence-corrected chi connectivity index (χ3v) is 3.96. The van der Waals surface area contributed by atoms with Crippen molar-refractivity contribution in [1.29, 1.82) is 0 Å². The summed E-state index contributed by atoms with van der Waals surface area (Å²) < 4.78 is 33.8. The van der Waals surface area contributed by atoms with Gasteiger partial charge in [-0.15, -0.1) is 0 Å². The summed E-state index contributed by atoms with van der Waals surface area (Å²) in [6.07, 6.45) is 0. The molecule has 0 aliphatic carbocycles. The zero-order valence-corrected chi connectivity index (χ0v) is 12.8. The summed E-state index contributed by atoms with van der Waals surface area (Å²) in [6.45, 7) is -0.455. The van der Waals surface area contributed by atoms with E-state index in [2.05, 4.69) is 21.1 Å². The van der Waals surface area contributed by atoms with Crippen LogP contribution >= 0.6 is 15.9 Å². The van der Waals surface area contributed by atoms with Crippen molar-refractivity contribution in [3.63, 3.8) is 0 Å². The van der Waals surface area contributed by atoms with Crippen LogP contribution in [-0.2, 0) is 6.61 Å². The Labute approximate surface area is 133 Å². The lowest BCUT2D eigenvalue weighted by atomic mass is 10.0. The maximum Gasteiger partial charge on any atom is 0.174 e. The Hall–Kier alpha value is -2.05. The van der Waals surface area contributed by atoms with Crippen molar-refractivity contribution in [3.8, 4) is 22.6 Å². The lowest BCUT2D eigenvalue weighted by molar-refractivity contribution is 0.281. The second-order valence-corrected chi connectivity index (χ2v) is 5.43. The molecule has 0 amide bonds. The topological polar surface area (TPSA) is 46.3 Å². The second-order valence-electron chi connectivity index (χ2n) is 4.57. The smallest absolute Gasteiger partial charge is 0.174 e. The molecule has 3 aromatic rings. The molecule has 0 bridgehead atoms. The molecule has 1 aromatic heterocycles. The van der Waals surface area contributed by atoms with Crippen LogP contribution in [0.5, 0.6) is 0 Å². The zero-order chi connectivity index (χ0) is 15.7. The van der Waals surface area contributed by atoms with E-state index in [0.29, 0.717) is 5.56 Å². The normalized spacial score (nSPS) is 10.9. The molecular weight excluding hydrogens is 356 g/mol. The molecular formula is C16H10BrF2NO2. The second kappa shape index (κ2) is 5.98. The van der Waals surface area contributed by atoms with Crippen LogP contribution in [0, 0.1) is 11.6 Å². The molecule has 0 spiro atoms. The number of nitrogens with zero attached hydrogens (tertiary/aromatic N) is 1. The van der Waals surface area contributed by atoms with Crippen LogP contribution in [0.1, 0.15) is 5.56 Å². The fourth-order valence-corrected chi connectivity index (χ4v) is 2.70. The van der Waals surface area contributed by atoms with Gasteiger partial charge in [-0.05, 0) is 24.3 Å². The van der Waals surface area contributed by atoms with Crippen LogP contribution in [0.25, 0.3) is 22.6 Å². The van der Waals surface area contributed by atoms with E-state index in [0.717, 1.165) is 16.6 Å². The van der Waals surface area contributed by atoms with Gasteiger partial charge in [-0.1, -0.05) is 39.3 Å². The first-order valence-corrected chi connectivity index (χ1v) is 7.21. The van der Waals surface area contributed by atoms with Crippen molar-refractivity contribution in [1.82, 2.24) is 5.16 Å². The van der Waals surface area contributed by atoms with E-state index in [9.17, 15) is 13.9 Å². The number of halogens is 3. The Morgan fingerprint density at radius 3 is 2.36 bits per heavy atom. The molecule has 22 heavy (non-hydrogen) atoms. The number of benzene rings is 2. The number of aromatic nitrogens is 1. The molecule has 2 aromatic carbocycles. The minimum absolute atomic E-state index is 0.0381. The van der Waals surface area contributed by atoms with E-state index in [1.165, 1.54) is 6.07 Å². The van der Waals surface area contributed by atoms with Gasteiger partial charge in [0.2, 0.25) is 0 Å². The number of rotatable bonds is 3. The molecule has 0 aliphatic rings. The van der Waals surface area contributed by atoms with Crippen molar-refractivity contribution in [2.24, 2.45) is 0 Å². The number of aliphatic hydroxyl groups excluding tert-OH is 1. The van der Waals surface area contributed by atoms with E-state index in [4.69, 9.17) is 4.52 Å². The van der Waals surface area contributed by atoms with Gasteiger partial charge in [0.1, 0.15) is 17.3 Å². The summed E-state index contributed by atoms with van der Waals surface area (Å²) in [5.41, 5.74) is 0.524. The lowest BCUT2D eigenvalue weighted by Gasteiger charge is -2.04. The molecule has 3 rings (SSSR count). The molecule has 0 saturated heterocycles. The van der Waals surface area contributed by atoms with Gasteiger partial charge in [0.15, 0.2) is 5.76 Å². The fourth-order valence-electron chi connectivity index (χ4n) is 2.23. The largest absolute Gasteiger partial charge is 0.391 e. The van der Waals surface area contributed by atoms with Crippen molar-refractivity contribution in [2.75, 3.05) is 0 Å². The third kappa shape index (κ3) is 2.44. The Bertz CT molecular complexity index is 813. The highest BCUT2D eigenvalue weighted by Gasteiger charge is 2.24. The molecule has 0 atom stereocenters. The van der Waals surface area contributed by atoms with Crippen LogP contribution in [0.3, 0.4) is 0 Å². The highest BCUT2D eigenvalue weighted by Crippen LogP contribution is 2.37. The lowest BCUT2D eigenvalue weighted by Crippen LogP contribution is -1.95. The van der Waals surface area contributed by atoms with Gasteiger partial charge in [-0.2, -0.15) is 0 Å². The molecule has 0 aliphatic heterocycles. The summed E-state index contributed by atoms with van der Waals surface area (Å²) in [5.74, 6) is -1.25. The summed E-state index contributed by atoms with van der Waals surface area (Å²) in [7, 11) is 0. The summed E-state index contributed by atoms with van der Waals surface area (Å²) in [6, 6.07) is 10.7. The van der Waals surface area contributed by atoms with E-state index >= 15 is 0 Å². The third-order valence-electron chi connectivity index (χ3n) is 3.26. The standard InChI is InChI=1S/C16H10BrF2NO2/c17-11-5-2-1-4-9(11)16-10(8-21)15(20-22-16)14-12(18)6-3-7-13(14)19/h1-7,21H,8H2. The van der Waals surface area contributed by atoms with E-state index < -0.39 is 18.2 Å². The SMILES string of the molecule is OCc1c(-c2c(F)cccc2F)noc1-c1ccccc1Br. The van der Waals surface area contributed by atoms with Crippen LogP contribution in [0.2, 0.25) is 0 Å². The maximum atomic E-state index is 13.9. The predicted molar refractivity (Wildman–Crippen MR) is 80.9 cm³/mol. The molecule has 0 saturated carbocycles. The van der Waals surface area contributed by atoms with Crippen molar-refractivity contribution >= 4 is 15.9 Å². The summed E-state index contributed by atoms with van der Waals surface area (Å²) in [5, 5.41) is 13.4. The molecule has 3 nitrogen and oxygen atoms in total. The first kappa shape index (κ1) is 14.9. The zero-order valence-electron chi connectivity index (χ0n) is 11.2.